The summed E-state index contributed by atoms with van der Waals surface area (Å²) in [5.41, 5.74) is 0. The van der Waals surface area contributed by atoms with Crippen LogP contribution in [0.1, 0.15) is 6.42 Å². The van der Waals surface area contributed by atoms with E-state index in [4.69, 9.17) is 23.2 Å². The molecule has 1 aromatic carbocycles. The van der Waals surface area contributed by atoms with Crippen molar-refractivity contribution in [1.82, 2.24) is 4.72 Å². The number of hydrogen-bond acceptors (Lipinski definition) is 4. The second kappa shape index (κ2) is 5.38. The molecule has 1 atom stereocenters. The summed E-state index contributed by atoms with van der Waals surface area (Å²) in [6.07, 6.45) is 0.504. The molecule has 0 amide bonds. The molecule has 4 nitrogen and oxygen atoms in total. The first-order valence-corrected chi connectivity index (χ1v) is 8.26. The van der Waals surface area contributed by atoms with Crippen molar-refractivity contribution in [3.8, 4) is 0 Å². The minimum Gasteiger partial charge on any atom is -0.285 e. The fraction of sp³-hybridized carbons (Fsp3) is 0.300. The molecular formula is C10H9Cl2NO3S2. The van der Waals surface area contributed by atoms with Crippen LogP contribution < -0.4 is 4.72 Å². The highest BCUT2D eigenvalue weighted by atomic mass is 35.5. The lowest BCUT2D eigenvalue weighted by molar-refractivity contribution is -0.111. The van der Waals surface area contributed by atoms with Gasteiger partial charge in [-0.25, -0.2) is 8.42 Å². The van der Waals surface area contributed by atoms with Crippen LogP contribution in [0.25, 0.3) is 0 Å². The Kier molecular flexibility index (Phi) is 4.23. The standard InChI is InChI=1S/C10H9Cl2NO3S2/c11-7-2-1-6(5-8(7)12)18(15,16)13-9-3-4-17-10(9)14/h1-2,5,9,13H,3-4H2/t9-/m1/s1. The van der Waals surface area contributed by atoms with E-state index in [1.165, 1.54) is 18.2 Å². The van der Waals surface area contributed by atoms with Gasteiger partial charge < -0.3 is 0 Å². The molecule has 1 aliphatic heterocycles. The molecule has 98 valence electrons. The molecule has 8 heteroatoms. The molecule has 1 heterocycles. The fourth-order valence-corrected chi connectivity index (χ4v) is 4.13. The zero-order valence-electron chi connectivity index (χ0n) is 9.02. The van der Waals surface area contributed by atoms with Crippen LogP contribution in [0.5, 0.6) is 0 Å². The van der Waals surface area contributed by atoms with Gasteiger partial charge in [-0.05, 0) is 24.6 Å². The summed E-state index contributed by atoms with van der Waals surface area (Å²) in [7, 11) is -3.74. The molecule has 1 aliphatic rings. The third-order valence-corrected chi connectivity index (χ3v) is 5.65. The number of nitrogens with one attached hydrogen (secondary N) is 1. The summed E-state index contributed by atoms with van der Waals surface area (Å²) < 4.78 is 26.4. The van der Waals surface area contributed by atoms with E-state index in [-0.39, 0.29) is 20.1 Å². The number of rotatable bonds is 3. The van der Waals surface area contributed by atoms with Gasteiger partial charge in [-0.1, -0.05) is 35.0 Å². The first-order valence-electron chi connectivity index (χ1n) is 5.04. The average molecular weight is 326 g/mol. The van der Waals surface area contributed by atoms with Gasteiger partial charge in [0.1, 0.15) is 0 Å². The Morgan fingerprint density at radius 1 is 1.28 bits per heavy atom. The Balaban J connectivity index is 2.25. The monoisotopic (exact) mass is 325 g/mol. The minimum absolute atomic E-state index is 0.00148. The van der Waals surface area contributed by atoms with Crippen molar-refractivity contribution in [1.29, 1.82) is 0 Å². The Morgan fingerprint density at radius 2 is 2.00 bits per heavy atom. The predicted molar refractivity (Wildman–Crippen MR) is 72.7 cm³/mol. The van der Waals surface area contributed by atoms with Gasteiger partial charge in [-0.3, -0.25) is 4.79 Å². The van der Waals surface area contributed by atoms with Crippen molar-refractivity contribution in [2.45, 2.75) is 17.4 Å². The van der Waals surface area contributed by atoms with Gasteiger partial charge in [0.15, 0.2) is 0 Å². The maximum Gasteiger partial charge on any atom is 0.241 e. The maximum absolute atomic E-state index is 12.0. The van der Waals surface area contributed by atoms with Gasteiger partial charge >= 0.3 is 0 Å². The van der Waals surface area contributed by atoms with Crippen LogP contribution in [-0.2, 0) is 14.8 Å². The van der Waals surface area contributed by atoms with E-state index in [1.807, 2.05) is 0 Å². The van der Waals surface area contributed by atoms with Crippen molar-refractivity contribution < 1.29 is 13.2 Å². The van der Waals surface area contributed by atoms with Crippen molar-refractivity contribution in [3.05, 3.63) is 28.2 Å². The van der Waals surface area contributed by atoms with Crippen molar-refractivity contribution >= 4 is 50.1 Å². The summed E-state index contributed by atoms with van der Waals surface area (Å²) in [4.78, 5) is 11.4. The largest absolute Gasteiger partial charge is 0.285 e. The molecule has 0 aromatic heterocycles. The number of carbonyl (C=O) groups excluding carboxylic acids is 1. The van der Waals surface area contributed by atoms with Gasteiger partial charge in [-0.15, -0.1) is 0 Å². The minimum atomic E-state index is -3.74. The Labute approximate surface area is 119 Å². The van der Waals surface area contributed by atoms with E-state index in [0.29, 0.717) is 12.2 Å². The Morgan fingerprint density at radius 3 is 2.56 bits per heavy atom. The van der Waals surface area contributed by atoms with Crippen molar-refractivity contribution in [2.24, 2.45) is 0 Å². The Hall–Kier alpha value is -0.270. The normalized spacial score (nSPS) is 20.3. The van der Waals surface area contributed by atoms with Crippen LogP contribution in [0.3, 0.4) is 0 Å². The van der Waals surface area contributed by atoms with Crippen LogP contribution >= 0.6 is 35.0 Å². The first kappa shape index (κ1) is 14.1. The van der Waals surface area contributed by atoms with Crippen LogP contribution in [0.15, 0.2) is 23.1 Å². The van der Waals surface area contributed by atoms with Crippen molar-refractivity contribution in [2.75, 3.05) is 5.75 Å². The molecule has 2 rings (SSSR count). The van der Waals surface area contributed by atoms with Crippen LogP contribution in [0.2, 0.25) is 10.0 Å². The molecule has 0 spiro atoms. The summed E-state index contributed by atoms with van der Waals surface area (Å²) in [5.74, 6) is 0.632. The van der Waals surface area contributed by atoms with Crippen LogP contribution in [0.4, 0.5) is 0 Å². The molecule has 0 aliphatic carbocycles. The summed E-state index contributed by atoms with van der Waals surface area (Å²) in [6.45, 7) is 0. The molecule has 0 saturated carbocycles. The number of hydrogen-bond donors (Lipinski definition) is 1. The number of benzene rings is 1. The van der Waals surface area contributed by atoms with Gasteiger partial charge in [-0.2, -0.15) is 4.72 Å². The van der Waals surface area contributed by atoms with Crippen LogP contribution in [0, 0.1) is 0 Å². The Bertz CT molecular complexity index is 589. The number of carbonyl (C=O) groups is 1. The maximum atomic E-state index is 12.0. The average Bonchev–Trinajstić information content (AvgIpc) is 2.67. The highest BCUT2D eigenvalue weighted by Gasteiger charge is 2.30. The lowest BCUT2D eigenvalue weighted by Gasteiger charge is -2.11. The van der Waals surface area contributed by atoms with Crippen LogP contribution in [-0.4, -0.2) is 25.3 Å². The third-order valence-electron chi connectivity index (χ3n) is 2.43. The van der Waals surface area contributed by atoms with E-state index in [0.717, 1.165) is 11.8 Å². The number of halogens is 2. The second-order valence-corrected chi connectivity index (χ2v) is 7.33. The topological polar surface area (TPSA) is 63.2 Å². The summed E-state index contributed by atoms with van der Waals surface area (Å²) in [5, 5.41) is 0.286. The molecule has 0 unspecified atom stereocenters. The predicted octanol–water partition coefficient (Wildman–Crippen LogP) is 2.30. The molecule has 18 heavy (non-hydrogen) atoms. The first-order chi connectivity index (χ1) is 8.40. The van der Waals surface area contributed by atoms with E-state index >= 15 is 0 Å². The van der Waals surface area contributed by atoms with E-state index in [2.05, 4.69) is 4.72 Å². The molecule has 1 aromatic rings. The van der Waals surface area contributed by atoms with E-state index in [9.17, 15) is 13.2 Å². The second-order valence-electron chi connectivity index (χ2n) is 3.71. The van der Waals surface area contributed by atoms with Gasteiger partial charge in [0.2, 0.25) is 15.1 Å². The summed E-state index contributed by atoms with van der Waals surface area (Å²) in [6, 6.07) is 3.36. The molecule has 0 bridgehead atoms. The van der Waals surface area contributed by atoms with E-state index < -0.39 is 16.1 Å². The number of sulfonamides is 1. The SMILES string of the molecule is O=C1SCC[C@H]1NS(=O)(=O)c1ccc(Cl)c(Cl)c1. The van der Waals surface area contributed by atoms with Gasteiger partial charge in [0.25, 0.3) is 0 Å². The summed E-state index contributed by atoms with van der Waals surface area (Å²) >= 11 is 12.6. The lowest BCUT2D eigenvalue weighted by atomic mass is 10.3. The highest BCUT2D eigenvalue weighted by Crippen LogP contribution is 2.26. The number of thioether (sulfide) groups is 1. The molecule has 0 radical (unpaired) electrons. The lowest BCUT2D eigenvalue weighted by Crippen LogP contribution is -2.37. The smallest absolute Gasteiger partial charge is 0.241 e. The van der Waals surface area contributed by atoms with Crippen molar-refractivity contribution in [3.63, 3.8) is 0 Å². The van der Waals surface area contributed by atoms with Gasteiger partial charge in [0, 0.05) is 5.75 Å². The molecule has 1 N–H and O–H groups in total. The quantitative estimate of drug-likeness (QED) is 0.926. The molecule has 1 saturated heterocycles. The molecular weight excluding hydrogens is 317 g/mol. The fourth-order valence-electron chi connectivity index (χ4n) is 1.50. The highest BCUT2D eigenvalue weighted by molar-refractivity contribution is 8.14. The third kappa shape index (κ3) is 3.00. The zero-order chi connectivity index (χ0) is 13.3. The van der Waals surface area contributed by atoms with E-state index in [1.54, 1.807) is 0 Å². The zero-order valence-corrected chi connectivity index (χ0v) is 12.2. The molecule has 1 fully saturated rings. The van der Waals surface area contributed by atoms with Gasteiger partial charge in [0.05, 0.1) is 21.0 Å².